The quantitative estimate of drug-likeness (QED) is 0.268. The molecule has 38 heavy (non-hydrogen) atoms. The van der Waals surface area contributed by atoms with E-state index in [2.05, 4.69) is 25.4 Å². The van der Waals surface area contributed by atoms with E-state index in [4.69, 9.17) is 9.26 Å². The van der Waals surface area contributed by atoms with E-state index < -0.39 is 10.8 Å². The molecule has 1 N–H and O–H groups in total. The number of pyridine rings is 2. The average molecular weight is 515 g/mol. The van der Waals surface area contributed by atoms with Gasteiger partial charge in [-0.05, 0) is 36.8 Å². The van der Waals surface area contributed by atoms with E-state index in [0.717, 1.165) is 0 Å². The Labute approximate surface area is 215 Å². The van der Waals surface area contributed by atoms with Crippen LogP contribution in [0, 0.1) is 17.0 Å². The molecule has 13 heteroatoms. The molecule has 0 atom stereocenters. The van der Waals surface area contributed by atoms with Gasteiger partial charge in [0.15, 0.2) is 0 Å². The zero-order valence-electron chi connectivity index (χ0n) is 20.2. The van der Waals surface area contributed by atoms with Gasteiger partial charge in [0.05, 0.1) is 17.2 Å². The van der Waals surface area contributed by atoms with Gasteiger partial charge >= 0.3 is 0 Å². The lowest BCUT2D eigenvalue weighted by Gasteiger charge is -2.19. The largest absolute Gasteiger partial charge is 0.455 e. The second-order valence-corrected chi connectivity index (χ2v) is 8.44. The van der Waals surface area contributed by atoms with Crippen molar-refractivity contribution in [2.24, 2.45) is 0 Å². The Bertz CT molecular complexity index is 1500. The van der Waals surface area contributed by atoms with Crippen LogP contribution in [-0.2, 0) is 11.3 Å². The molecule has 1 aliphatic rings. The first-order chi connectivity index (χ1) is 18.4. The van der Waals surface area contributed by atoms with Gasteiger partial charge in [-0.1, -0.05) is 11.2 Å². The van der Waals surface area contributed by atoms with E-state index >= 15 is 0 Å². The SMILES string of the molecule is Cc1nc(-c2ccc(Oc3cc(CN4CCCC4=O)c(NC(=O)c4ccccn4)c([N+](=O)[O-])c3)cn2)no1. The van der Waals surface area contributed by atoms with Crippen LogP contribution in [-0.4, -0.2) is 48.3 Å². The predicted molar refractivity (Wildman–Crippen MR) is 132 cm³/mol. The van der Waals surface area contributed by atoms with E-state index in [9.17, 15) is 19.7 Å². The lowest BCUT2D eigenvalue weighted by Crippen LogP contribution is -2.25. The van der Waals surface area contributed by atoms with Crippen LogP contribution in [0.5, 0.6) is 11.5 Å². The summed E-state index contributed by atoms with van der Waals surface area (Å²) in [4.78, 5) is 50.6. The van der Waals surface area contributed by atoms with E-state index in [0.29, 0.717) is 48.1 Å². The van der Waals surface area contributed by atoms with Crippen LogP contribution in [0.2, 0.25) is 0 Å². The number of nitrogens with one attached hydrogen (secondary N) is 1. The molecule has 13 nitrogen and oxygen atoms in total. The zero-order valence-corrected chi connectivity index (χ0v) is 20.2. The Balaban J connectivity index is 1.48. The van der Waals surface area contributed by atoms with Crippen molar-refractivity contribution in [3.8, 4) is 23.0 Å². The zero-order chi connectivity index (χ0) is 26.6. The minimum absolute atomic E-state index is 0.0290. The first kappa shape index (κ1) is 24.5. The average Bonchev–Trinajstić information content (AvgIpc) is 3.53. The van der Waals surface area contributed by atoms with Crippen LogP contribution < -0.4 is 10.1 Å². The van der Waals surface area contributed by atoms with Gasteiger partial charge in [-0.15, -0.1) is 0 Å². The topological polar surface area (TPSA) is 166 Å². The molecule has 0 spiro atoms. The molecule has 1 fully saturated rings. The number of hydrogen-bond donors (Lipinski definition) is 1. The van der Waals surface area contributed by atoms with Gasteiger partial charge in [0.2, 0.25) is 17.6 Å². The van der Waals surface area contributed by atoms with Gasteiger partial charge in [-0.3, -0.25) is 24.7 Å². The maximum atomic E-state index is 12.8. The third-order valence-electron chi connectivity index (χ3n) is 5.77. The van der Waals surface area contributed by atoms with Crippen molar-refractivity contribution in [2.75, 3.05) is 11.9 Å². The molecule has 4 aromatic rings. The molecule has 0 bridgehead atoms. The summed E-state index contributed by atoms with van der Waals surface area (Å²) in [5, 5.41) is 18.5. The summed E-state index contributed by atoms with van der Waals surface area (Å²) in [5.74, 6) is 0.463. The van der Waals surface area contributed by atoms with Crippen molar-refractivity contribution in [3.05, 3.63) is 82.1 Å². The fraction of sp³-hybridized carbons (Fsp3) is 0.200. The summed E-state index contributed by atoms with van der Waals surface area (Å²) in [6.45, 7) is 2.23. The molecular weight excluding hydrogens is 494 g/mol. The van der Waals surface area contributed by atoms with Crippen LogP contribution >= 0.6 is 0 Å². The van der Waals surface area contributed by atoms with E-state index in [-0.39, 0.29) is 35.3 Å². The van der Waals surface area contributed by atoms with Gasteiger partial charge in [-0.25, -0.2) is 4.98 Å². The van der Waals surface area contributed by atoms with Crippen LogP contribution in [0.1, 0.15) is 34.8 Å². The van der Waals surface area contributed by atoms with Crippen molar-refractivity contribution < 1.29 is 23.8 Å². The van der Waals surface area contributed by atoms with E-state index in [1.54, 1.807) is 42.2 Å². The molecule has 0 radical (unpaired) electrons. The maximum Gasteiger partial charge on any atom is 0.296 e. The van der Waals surface area contributed by atoms with Crippen LogP contribution in [0.25, 0.3) is 11.5 Å². The number of nitro groups is 1. The van der Waals surface area contributed by atoms with Crippen molar-refractivity contribution in [3.63, 3.8) is 0 Å². The van der Waals surface area contributed by atoms with Gasteiger partial charge in [0.25, 0.3) is 11.6 Å². The summed E-state index contributed by atoms with van der Waals surface area (Å²) in [6.07, 6.45) is 3.95. The maximum absolute atomic E-state index is 12.8. The third kappa shape index (κ3) is 5.31. The van der Waals surface area contributed by atoms with E-state index in [1.807, 2.05) is 0 Å². The third-order valence-corrected chi connectivity index (χ3v) is 5.77. The Kier molecular flexibility index (Phi) is 6.72. The molecule has 5 rings (SSSR count). The fourth-order valence-corrected chi connectivity index (χ4v) is 3.99. The summed E-state index contributed by atoms with van der Waals surface area (Å²) >= 11 is 0. The highest BCUT2D eigenvalue weighted by atomic mass is 16.6. The number of likely N-dealkylation sites (tertiary alicyclic amines) is 1. The minimum atomic E-state index is -0.618. The number of anilines is 1. The molecule has 192 valence electrons. The van der Waals surface area contributed by atoms with Crippen molar-refractivity contribution in [1.82, 2.24) is 25.0 Å². The first-order valence-electron chi connectivity index (χ1n) is 11.6. The standard InChI is InChI=1S/C25H21N7O6/c1-15-28-24(30-38-15)19-8-7-17(13-27-19)37-18-11-16(14-31-10-4-6-22(31)33)23(21(12-18)32(35)36)29-25(34)20-5-2-3-9-26-20/h2-3,5,7-9,11-13H,4,6,10,14H2,1H3,(H,29,34). The first-order valence-corrected chi connectivity index (χ1v) is 11.6. The van der Waals surface area contributed by atoms with Gasteiger partial charge < -0.3 is 19.5 Å². The van der Waals surface area contributed by atoms with Gasteiger partial charge in [0, 0.05) is 38.2 Å². The Morgan fingerprint density at radius 3 is 2.71 bits per heavy atom. The van der Waals surface area contributed by atoms with Gasteiger partial charge in [-0.2, -0.15) is 4.98 Å². The number of carbonyl (C=O) groups excluding carboxylic acids is 2. The van der Waals surface area contributed by atoms with Crippen molar-refractivity contribution in [2.45, 2.75) is 26.3 Å². The van der Waals surface area contributed by atoms with Crippen molar-refractivity contribution >= 4 is 23.2 Å². The molecule has 0 saturated carbocycles. The number of nitrogens with zero attached hydrogens (tertiary/aromatic N) is 6. The number of aromatic nitrogens is 4. The fourth-order valence-electron chi connectivity index (χ4n) is 3.99. The van der Waals surface area contributed by atoms with Gasteiger partial charge in [0.1, 0.15) is 28.6 Å². The van der Waals surface area contributed by atoms with Crippen LogP contribution in [0.3, 0.4) is 0 Å². The number of aryl methyl sites for hydroxylation is 1. The molecule has 4 heterocycles. The molecule has 0 aliphatic carbocycles. The summed E-state index contributed by atoms with van der Waals surface area (Å²) in [6, 6.07) is 10.8. The molecule has 1 aliphatic heterocycles. The molecule has 0 unspecified atom stereocenters. The highest BCUT2D eigenvalue weighted by Gasteiger charge is 2.27. The lowest BCUT2D eigenvalue weighted by atomic mass is 10.1. The normalized spacial score (nSPS) is 13.0. The minimum Gasteiger partial charge on any atom is -0.455 e. The number of rotatable bonds is 8. The molecule has 3 aromatic heterocycles. The molecule has 2 amide bonds. The Morgan fingerprint density at radius 2 is 2.08 bits per heavy atom. The molecule has 1 aromatic carbocycles. The number of ether oxygens (including phenoxy) is 1. The summed E-state index contributed by atoms with van der Waals surface area (Å²) < 4.78 is 10.8. The van der Waals surface area contributed by atoms with Crippen molar-refractivity contribution in [1.29, 1.82) is 0 Å². The Morgan fingerprint density at radius 1 is 1.21 bits per heavy atom. The highest BCUT2D eigenvalue weighted by molar-refractivity contribution is 6.04. The number of amides is 2. The second kappa shape index (κ2) is 10.4. The summed E-state index contributed by atoms with van der Waals surface area (Å²) in [5.41, 5.74) is 0.480. The number of carbonyl (C=O) groups is 2. The number of benzene rings is 1. The van der Waals surface area contributed by atoms with E-state index in [1.165, 1.54) is 24.5 Å². The molecule has 1 saturated heterocycles. The lowest BCUT2D eigenvalue weighted by molar-refractivity contribution is -0.384. The Hall–Kier alpha value is -5.20. The molecular formula is C25H21N7O6. The number of nitro benzene ring substituents is 1. The van der Waals surface area contributed by atoms with Crippen LogP contribution in [0.15, 0.2) is 59.4 Å². The predicted octanol–water partition coefficient (Wildman–Crippen LogP) is 3.91. The highest BCUT2D eigenvalue weighted by Crippen LogP contribution is 2.37. The van der Waals surface area contributed by atoms with Crippen LogP contribution in [0.4, 0.5) is 11.4 Å². The number of hydrogen-bond acceptors (Lipinski definition) is 10. The second-order valence-electron chi connectivity index (χ2n) is 8.44. The summed E-state index contributed by atoms with van der Waals surface area (Å²) in [7, 11) is 0. The smallest absolute Gasteiger partial charge is 0.296 e. The monoisotopic (exact) mass is 515 g/mol.